The molecule has 0 radical (unpaired) electrons. The number of benzene rings is 1. The largest absolute Gasteiger partial charge is 0.332 e. The summed E-state index contributed by atoms with van der Waals surface area (Å²) in [7, 11) is 0. The van der Waals surface area contributed by atoms with Gasteiger partial charge in [-0.3, -0.25) is 9.59 Å². The topological polar surface area (TPSA) is 61.2 Å². The Bertz CT molecular complexity index is 557. The fourth-order valence-electron chi connectivity index (χ4n) is 2.57. The van der Waals surface area contributed by atoms with Crippen LogP contribution in [-0.2, 0) is 16.0 Å². The maximum atomic E-state index is 12.1. The van der Waals surface area contributed by atoms with Crippen LogP contribution in [0.1, 0.15) is 31.4 Å². The smallest absolute Gasteiger partial charge is 0.226 e. The zero-order valence-corrected chi connectivity index (χ0v) is 11.8. The minimum atomic E-state index is -0.389. The van der Waals surface area contributed by atoms with Gasteiger partial charge in [0.15, 0.2) is 5.78 Å². The van der Waals surface area contributed by atoms with Gasteiger partial charge in [-0.25, -0.2) is 0 Å². The van der Waals surface area contributed by atoms with Gasteiger partial charge in [-0.1, -0.05) is 19.1 Å². The molecule has 20 heavy (non-hydrogen) atoms. The van der Waals surface area contributed by atoms with Crippen molar-refractivity contribution in [3.05, 3.63) is 35.4 Å². The number of nitriles is 1. The van der Waals surface area contributed by atoms with E-state index < -0.39 is 0 Å². The van der Waals surface area contributed by atoms with E-state index in [-0.39, 0.29) is 23.7 Å². The molecule has 2 atom stereocenters. The maximum Gasteiger partial charge on any atom is 0.226 e. The Hall–Kier alpha value is -2.15. The highest BCUT2D eigenvalue weighted by molar-refractivity contribution is 5.89. The molecule has 0 spiro atoms. The summed E-state index contributed by atoms with van der Waals surface area (Å²) in [4.78, 5) is 25.6. The van der Waals surface area contributed by atoms with Gasteiger partial charge in [0.2, 0.25) is 5.91 Å². The van der Waals surface area contributed by atoms with Crippen LogP contribution in [0.5, 0.6) is 0 Å². The molecule has 0 bridgehead atoms. The fraction of sp³-hybridized carbons (Fsp3) is 0.438. The van der Waals surface area contributed by atoms with Crippen LogP contribution in [-0.4, -0.2) is 29.2 Å². The molecule has 0 saturated carbocycles. The molecule has 1 aromatic carbocycles. The molecule has 4 nitrogen and oxygen atoms in total. The van der Waals surface area contributed by atoms with E-state index in [9.17, 15) is 9.59 Å². The number of likely N-dealkylation sites (tertiary alicyclic amines) is 1. The van der Waals surface area contributed by atoms with Crippen LogP contribution in [0.15, 0.2) is 24.3 Å². The zero-order valence-electron chi connectivity index (χ0n) is 11.8. The number of hydrogen-bond acceptors (Lipinski definition) is 3. The summed E-state index contributed by atoms with van der Waals surface area (Å²) in [5, 5.41) is 8.78. The summed E-state index contributed by atoms with van der Waals surface area (Å²) >= 11 is 0. The number of carbonyl (C=O) groups excluding carboxylic acids is 2. The third-order valence-electron chi connectivity index (χ3n) is 3.87. The monoisotopic (exact) mass is 270 g/mol. The van der Waals surface area contributed by atoms with Gasteiger partial charge < -0.3 is 4.90 Å². The van der Waals surface area contributed by atoms with E-state index in [2.05, 4.69) is 6.07 Å². The minimum absolute atomic E-state index is 0.0109. The second kappa shape index (κ2) is 5.87. The van der Waals surface area contributed by atoms with Gasteiger partial charge in [-0.05, 0) is 37.5 Å². The van der Waals surface area contributed by atoms with Gasteiger partial charge in [0.25, 0.3) is 0 Å². The first-order chi connectivity index (χ1) is 9.52. The van der Waals surface area contributed by atoms with Crippen molar-refractivity contribution in [2.24, 2.45) is 5.92 Å². The molecule has 0 aromatic heterocycles. The van der Waals surface area contributed by atoms with Gasteiger partial charge in [0.1, 0.15) is 0 Å². The van der Waals surface area contributed by atoms with E-state index in [0.29, 0.717) is 18.5 Å². The van der Waals surface area contributed by atoms with E-state index in [0.717, 1.165) is 12.0 Å². The lowest BCUT2D eigenvalue weighted by Gasteiger charge is -2.26. The molecule has 104 valence electrons. The Labute approximate surface area is 119 Å². The summed E-state index contributed by atoms with van der Waals surface area (Å²) in [5.41, 5.74) is 1.57. The Morgan fingerprint density at radius 1 is 1.45 bits per heavy atom. The highest BCUT2D eigenvalue weighted by Gasteiger charge is 2.35. The van der Waals surface area contributed by atoms with E-state index >= 15 is 0 Å². The van der Waals surface area contributed by atoms with Gasteiger partial charge in [-0.2, -0.15) is 5.26 Å². The van der Waals surface area contributed by atoms with E-state index in [1.807, 2.05) is 19.1 Å². The Kier molecular flexibility index (Phi) is 4.19. The van der Waals surface area contributed by atoms with Crippen LogP contribution in [0.4, 0.5) is 0 Å². The first-order valence-electron chi connectivity index (χ1n) is 6.83. The summed E-state index contributed by atoms with van der Waals surface area (Å²) in [6, 6.07) is 8.84. The van der Waals surface area contributed by atoms with Crippen molar-refractivity contribution in [2.45, 2.75) is 32.7 Å². The lowest BCUT2D eigenvalue weighted by molar-refractivity contribution is -0.137. The SMILES string of the molecule is CC(=O)C(Cc1ccc(C#N)cc1)N1CCC(C)C1=O. The second-order valence-corrected chi connectivity index (χ2v) is 5.36. The molecule has 1 aliphatic heterocycles. The quantitative estimate of drug-likeness (QED) is 0.839. The van der Waals surface area contributed by atoms with Crippen molar-refractivity contribution in [3.63, 3.8) is 0 Å². The van der Waals surface area contributed by atoms with Crippen LogP contribution >= 0.6 is 0 Å². The van der Waals surface area contributed by atoms with Gasteiger partial charge in [0.05, 0.1) is 17.7 Å². The summed E-state index contributed by atoms with van der Waals surface area (Å²) in [5.74, 6) is 0.0912. The maximum absolute atomic E-state index is 12.1. The molecule has 1 fully saturated rings. The lowest BCUT2D eigenvalue weighted by atomic mass is 10.0. The molecule has 2 unspecified atom stereocenters. The predicted molar refractivity (Wildman–Crippen MR) is 74.8 cm³/mol. The third-order valence-corrected chi connectivity index (χ3v) is 3.87. The molecule has 0 aliphatic carbocycles. The van der Waals surface area contributed by atoms with E-state index in [1.54, 1.807) is 17.0 Å². The van der Waals surface area contributed by atoms with Gasteiger partial charge in [0, 0.05) is 12.5 Å². The first-order valence-corrected chi connectivity index (χ1v) is 6.83. The Morgan fingerprint density at radius 2 is 2.10 bits per heavy atom. The predicted octanol–water partition coefficient (Wildman–Crippen LogP) is 1.93. The molecule has 2 rings (SSSR count). The molecule has 1 saturated heterocycles. The zero-order chi connectivity index (χ0) is 14.7. The minimum Gasteiger partial charge on any atom is -0.332 e. The highest BCUT2D eigenvalue weighted by atomic mass is 16.2. The van der Waals surface area contributed by atoms with Crippen molar-refractivity contribution in [1.82, 2.24) is 4.90 Å². The van der Waals surface area contributed by atoms with Crippen molar-refractivity contribution >= 4 is 11.7 Å². The molecule has 1 amide bonds. The summed E-state index contributed by atoms with van der Waals surface area (Å²) in [6.45, 7) is 4.09. The number of Topliss-reactive ketones (excluding diaryl/α,β-unsaturated/α-hetero) is 1. The number of ketones is 1. The fourth-order valence-corrected chi connectivity index (χ4v) is 2.57. The Balaban J connectivity index is 2.15. The molecular formula is C16H18N2O2. The van der Waals surface area contributed by atoms with Crippen LogP contribution in [0.3, 0.4) is 0 Å². The van der Waals surface area contributed by atoms with Crippen molar-refractivity contribution in [2.75, 3.05) is 6.54 Å². The van der Waals surface area contributed by atoms with Gasteiger partial charge in [-0.15, -0.1) is 0 Å². The van der Waals surface area contributed by atoms with Crippen molar-refractivity contribution in [1.29, 1.82) is 5.26 Å². The number of rotatable bonds is 4. The van der Waals surface area contributed by atoms with Crippen LogP contribution in [0, 0.1) is 17.2 Å². The third kappa shape index (κ3) is 2.88. The average molecular weight is 270 g/mol. The van der Waals surface area contributed by atoms with E-state index in [1.165, 1.54) is 6.92 Å². The first kappa shape index (κ1) is 14.3. The molecule has 4 heteroatoms. The normalized spacial score (nSPS) is 19.8. The Morgan fingerprint density at radius 3 is 2.55 bits per heavy atom. The number of nitrogens with zero attached hydrogens (tertiary/aromatic N) is 2. The average Bonchev–Trinajstić information content (AvgIpc) is 2.77. The molecule has 1 aromatic rings. The lowest BCUT2D eigenvalue weighted by Crippen LogP contribution is -2.43. The molecule has 1 heterocycles. The van der Waals surface area contributed by atoms with Crippen molar-refractivity contribution < 1.29 is 9.59 Å². The van der Waals surface area contributed by atoms with Gasteiger partial charge >= 0.3 is 0 Å². The molecule has 1 aliphatic rings. The van der Waals surface area contributed by atoms with Crippen LogP contribution in [0.2, 0.25) is 0 Å². The molecule has 0 N–H and O–H groups in total. The standard InChI is InChI=1S/C16H18N2O2/c1-11-7-8-18(16(11)20)15(12(2)19)9-13-3-5-14(10-17)6-4-13/h3-6,11,15H,7-9H2,1-2H3. The van der Waals surface area contributed by atoms with E-state index in [4.69, 9.17) is 5.26 Å². The number of hydrogen-bond donors (Lipinski definition) is 0. The molecular weight excluding hydrogens is 252 g/mol. The number of amides is 1. The summed E-state index contributed by atoms with van der Waals surface area (Å²) in [6.07, 6.45) is 1.33. The summed E-state index contributed by atoms with van der Waals surface area (Å²) < 4.78 is 0. The van der Waals surface area contributed by atoms with Crippen LogP contribution < -0.4 is 0 Å². The highest BCUT2D eigenvalue weighted by Crippen LogP contribution is 2.22. The number of carbonyl (C=O) groups is 2. The van der Waals surface area contributed by atoms with Crippen molar-refractivity contribution in [3.8, 4) is 6.07 Å². The van der Waals surface area contributed by atoms with Crippen LogP contribution in [0.25, 0.3) is 0 Å². The second-order valence-electron chi connectivity index (χ2n) is 5.36.